The number of hydrogen-bond acceptors (Lipinski definition) is 4. The van der Waals surface area contributed by atoms with E-state index in [4.69, 9.17) is 14.2 Å². The van der Waals surface area contributed by atoms with E-state index in [1.54, 1.807) is 7.11 Å². The molecule has 1 rings (SSSR count). The van der Waals surface area contributed by atoms with Gasteiger partial charge in [-0.1, -0.05) is 25.1 Å². The van der Waals surface area contributed by atoms with Crippen molar-refractivity contribution in [3.63, 3.8) is 0 Å². The molecule has 0 heterocycles. The van der Waals surface area contributed by atoms with E-state index in [0.29, 0.717) is 19.8 Å². The molecule has 1 aromatic rings. The number of rotatable bonds is 10. The van der Waals surface area contributed by atoms with Gasteiger partial charge in [0.15, 0.2) is 0 Å². The van der Waals surface area contributed by atoms with Crippen molar-refractivity contribution in [1.82, 2.24) is 5.32 Å². The van der Waals surface area contributed by atoms with Gasteiger partial charge < -0.3 is 19.5 Å². The Bertz CT molecular complexity index is 370. The first-order valence-electron chi connectivity index (χ1n) is 7.30. The Kier molecular flexibility index (Phi) is 8.26. The zero-order chi connectivity index (χ0) is 14.8. The normalized spacial score (nSPS) is 14.0. The highest BCUT2D eigenvalue weighted by molar-refractivity contribution is 5.36. The minimum Gasteiger partial charge on any atom is -0.491 e. The maximum absolute atomic E-state index is 5.81. The number of nitrogens with one attached hydrogen (secondary N) is 1. The highest BCUT2D eigenvalue weighted by Crippen LogP contribution is 2.28. The average molecular weight is 281 g/mol. The molecule has 0 radical (unpaired) electrons. The van der Waals surface area contributed by atoms with E-state index in [9.17, 15) is 0 Å². The van der Waals surface area contributed by atoms with Crippen molar-refractivity contribution in [3.05, 3.63) is 29.8 Å². The van der Waals surface area contributed by atoms with Gasteiger partial charge in [0.25, 0.3) is 0 Å². The lowest BCUT2D eigenvalue weighted by molar-refractivity contribution is 0.0465. The van der Waals surface area contributed by atoms with Gasteiger partial charge in [0.05, 0.1) is 18.8 Å². The minimum absolute atomic E-state index is 0.0899. The second-order valence-electron chi connectivity index (χ2n) is 4.57. The molecule has 4 nitrogen and oxygen atoms in total. The first kappa shape index (κ1) is 17.0. The van der Waals surface area contributed by atoms with Crippen LogP contribution in [0.2, 0.25) is 0 Å². The maximum Gasteiger partial charge on any atom is 0.124 e. The summed E-state index contributed by atoms with van der Waals surface area (Å²) in [5, 5.41) is 3.48. The molecule has 1 aromatic carbocycles. The van der Waals surface area contributed by atoms with Crippen LogP contribution in [-0.2, 0) is 9.47 Å². The van der Waals surface area contributed by atoms with E-state index in [-0.39, 0.29) is 12.1 Å². The molecule has 0 aromatic heterocycles. The molecule has 0 bridgehead atoms. The molecule has 0 amide bonds. The Balaban J connectivity index is 2.88. The van der Waals surface area contributed by atoms with Gasteiger partial charge >= 0.3 is 0 Å². The lowest BCUT2D eigenvalue weighted by Crippen LogP contribution is -2.32. The van der Waals surface area contributed by atoms with Crippen LogP contribution in [0.3, 0.4) is 0 Å². The van der Waals surface area contributed by atoms with Crippen LogP contribution < -0.4 is 10.1 Å². The Morgan fingerprint density at radius 2 is 1.90 bits per heavy atom. The molecule has 114 valence electrons. The van der Waals surface area contributed by atoms with Crippen LogP contribution in [0, 0.1) is 0 Å². The summed E-state index contributed by atoms with van der Waals surface area (Å²) in [5.74, 6) is 0.891. The topological polar surface area (TPSA) is 39.7 Å². The number of methoxy groups -OCH3 is 1. The summed E-state index contributed by atoms with van der Waals surface area (Å²) in [6.45, 7) is 8.92. The van der Waals surface area contributed by atoms with E-state index in [2.05, 4.69) is 25.2 Å². The monoisotopic (exact) mass is 281 g/mol. The largest absolute Gasteiger partial charge is 0.491 e. The average Bonchev–Trinajstić information content (AvgIpc) is 2.46. The number of likely N-dealkylation sites (N-methyl/N-ethyl adjacent to an activating group) is 1. The Morgan fingerprint density at radius 3 is 2.55 bits per heavy atom. The van der Waals surface area contributed by atoms with Gasteiger partial charge in [-0.05, 0) is 26.5 Å². The molecule has 0 saturated carbocycles. The van der Waals surface area contributed by atoms with E-state index < -0.39 is 0 Å². The van der Waals surface area contributed by atoms with Crippen LogP contribution in [-0.4, -0.2) is 39.6 Å². The van der Waals surface area contributed by atoms with Crippen molar-refractivity contribution in [2.24, 2.45) is 0 Å². The van der Waals surface area contributed by atoms with Crippen molar-refractivity contribution in [1.29, 1.82) is 0 Å². The molecule has 20 heavy (non-hydrogen) atoms. The minimum atomic E-state index is 0.0899. The summed E-state index contributed by atoms with van der Waals surface area (Å²) >= 11 is 0. The van der Waals surface area contributed by atoms with Crippen molar-refractivity contribution in [2.45, 2.75) is 32.9 Å². The predicted octanol–water partition coefficient (Wildman–Crippen LogP) is 2.79. The quantitative estimate of drug-likeness (QED) is 0.669. The summed E-state index contributed by atoms with van der Waals surface area (Å²) in [4.78, 5) is 0. The maximum atomic E-state index is 5.81. The lowest BCUT2D eigenvalue weighted by atomic mass is 10.0. The fraction of sp³-hybridized carbons (Fsp3) is 0.625. The fourth-order valence-corrected chi connectivity index (χ4v) is 2.21. The van der Waals surface area contributed by atoms with Crippen molar-refractivity contribution in [3.8, 4) is 5.75 Å². The van der Waals surface area contributed by atoms with Crippen molar-refractivity contribution in [2.75, 3.05) is 33.5 Å². The van der Waals surface area contributed by atoms with Crippen LogP contribution in [0.25, 0.3) is 0 Å². The van der Waals surface area contributed by atoms with Crippen molar-refractivity contribution >= 4 is 0 Å². The Morgan fingerprint density at radius 1 is 1.15 bits per heavy atom. The van der Waals surface area contributed by atoms with Gasteiger partial charge in [0, 0.05) is 19.3 Å². The third kappa shape index (κ3) is 5.12. The predicted molar refractivity (Wildman–Crippen MR) is 81.3 cm³/mol. The molecule has 4 heteroatoms. The van der Waals surface area contributed by atoms with Crippen LogP contribution in [0.15, 0.2) is 24.3 Å². The van der Waals surface area contributed by atoms with Gasteiger partial charge in [-0.15, -0.1) is 0 Å². The summed E-state index contributed by atoms with van der Waals surface area (Å²) in [7, 11) is 1.67. The van der Waals surface area contributed by atoms with Crippen LogP contribution >= 0.6 is 0 Å². The zero-order valence-corrected chi connectivity index (χ0v) is 13.0. The van der Waals surface area contributed by atoms with Crippen LogP contribution in [0.1, 0.15) is 32.4 Å². The van der Waals surface area contributed by atoms with E-state index in [1.165, 1.54) is 0 Å². The summed E-state index contributed by atoms with van der Waals surface area (Å²) in [6, 6.07) is 8.22. The highest BCUT2D eigenvalue weighted by Gasteiger charge is 2.21. The van der Waals surface area contributed by atoms with Crippen LogP contribution in [0.5, 0.6) is 5.75 Å². The summed E-state index contributed by atoms with van der Waals surface area (Å²) < 4.78 is 16.6. The van der Waals surface area contributed by atoms with Gasteiger partial charge in [-0.3, -0.25) is 0 Å². The molecule has 1 N–H and O–H groups in total. The molecule has 0 aliphatic rings. The van der Waals surface area contributed by atoms with Gasteiger partial charge in [0.1, 0.15) is 12.4 Å². The van der Waals surface area contributed by atoms with Gasteiger partial charge in [-0.2, -0.15) is 0 Å². The SMILES string of the molecule is CCNC(c1ccccc1OCCOC)C(C)OCC. The van der Waals surface area contributed by atoms with E-state index >= 15 is 0 Å². The lowest BCUT2D eigenvalue weighted by Gasteiger charge is -2.26. The van der Waals surface area contributed by atoms with E-state index in [0.717, 1.165) is 17.9 Å². The molecule has 0 aliphatic heterocycles. The fourth-order valence-electron chi connectivity index (χ4n) is 2.21. The number of ether oxygens (including phenoxy) is 3. The van der Waals surface area contributed by atoms with Crippen molar-refractivity contribution < 1.29 is 14.2 Å². The van der Waals surface area contributed by atoms with Gasteiger partial charge in [-0.25, -0.2) is 0 Å². The number of hydrogen-bond donors (Lipinski definition) is 1. The third-order valence-corrected chi connectivity index (χ3v) is 3.12. The zero-order valence-electron chi connectivity index (χ0n) is 13.0. The smallest absolute Gasteiger partial charge is 0.124 e. The molecule has 2 unspecified atom stereocenters. The van der Waals surface area contributed by atoms with Gasteiger partial charge in [0.2, 0.25) is 0 Å². The first-order chi connectivity index (χ1) is 9.74. The molecule has 2 atom stereocenters. The van der Waals surface area contributed by atoms with E-state index in [1.807, 2.05) is 25.1 Å². The third-order valence-electron chi connectivity index (χ3n) is 3.12. The molecule has 0 saturated heterocycles. The Labute approximate surface area is 122 Å². The summed E-state index contributed by atoms with van der Waals surface area (Å²) in [6.07, 6.45) is 0.0899. The molecule has 0 aliphatic carbocycles. The molecule has 0 spiro atoms. The second kappa shape index (κ2) is 9.75. The van der Waals surface area contributed by atoms with Crippen LogP contribution in [0.4, 0.5) is 0 Å². The molecule has 0 fully saturated rings. The standard InChI is InChI=1S/C16H27NO3/c1-5-17-16(13(3)19-6-2)14-9-7-8-10-15(14)20-12-11-18-4/h7-10,13,16-17H,5-6,11-12H2,1-4H3. The highest BCUT2D eigenvalue weighted by atomic mass is 16.5. The summed E-state index contributed by atoms with van der Waals surface area (Å²) in [5.41, 5.74) is 1.13. The number of para-hydroxylation sites is 1. The first-order valence-corrected chi connectivity index (χ1v) is 7.30. The second-order valence-corrected chi connectivity index (χ2v) is 4.57. The molecular weight excluding hydrogens is 254 g/mol. The number of benzene rings is 1. The molecular formula is C16H27NO3. The Hall–Kier alpha value is -1.10.